The molecule has 48 heavy (non-hydrogen) atoms. The minimum Gasteiger partial charge on any atom is -0.325 e. The third kappa shape index (κ3) is 7.39. The Balaban J connectivity index is 1.31. The predicted octanol–water partition coefficient (Wildman–Crippen LogP) is 8.26. The Bertz CT molecular complexity index is 2040. The van der Waals surface area contributed by atoms with Crippen molar-refractivity contribution in [3.63, 3.8) is 0 Å². The van der Waals surface area contributed by atoms with Crippen LogP contribution >= 0.6 is 0 Å². The topological polar surface area (TPSA) is 50.2 Å². The van der Waals surface area contributed by atoms with Crippen LogP contribution in [0.2, 0.25) is 0 Å². The van der Waals surface area contributed by atoms with Crippen LogP contribution in [0, 0.1) is 35.2 Å². The van der Waals surface area contributed by atoms with Crippen molar-refractivity contribution in [1.29, 1.82) is 0 Å². The first-order chi connectivity index (χ1) is 22.9. The monoisotopic (exact) mass is 660 g/mol. The van der Waals surface area contributed by atoms with Crippen LogP contribution in [-0.4, -0.2) is 40.2 Å². The van der Waals surface area contributed by atoms with E-state index in [1.165, 1.54) is 12.1 Å². The van der Waals surface area contributed by atoms with Gasteiger partial charge in [0.1, 0.15) is 23.0 Å². The number of nitrogens with one attached hydrogen (secondary N) is 1. The van der Waals surface area contributed by atoms with Gasteiger partial charge in [-0.05, 0) is 61.7 Å². The molecule has 6 rings (SSSR count). The minimum atomic E-state index is -4.74. The van der Waals surface area contributed by atoms with Gasteiger partial charge in [-0.1, -0.05) is 49.1 Å². The van der Waals surface area contributed by atoms with E-state index in [0.29, 0.717) is 47.0 Å². The number of nitrogens with zero attached hydrogens (tertiary/aromatic N) is 3. The molecule has 0 aliphatic carbocycles. The summed E-state index contributed by atoms with van der Waals surface area (Å²) in [5.41, 5.74) is 0.358. The molecule has 246 valence electrons. The van der Waals surface area contributed by atoms with Crippen LogP contribution in [0.25, 0.3) is 22.2 Å². The Kier molecular flexibility index (Phi) is 9.29. The zero-order valence-electron chi connectivity index (χ0n) is 25.8. The van der Waals surface area contributed by atoms with E-state index in [0.717, 1.165) is 36.7 Å². The molecular formula is C37H30F6N4O. The first-order valence-electron chi connectivity index (χ1n) is 15.4. The number of hydrogen-bond acceptors (Lipinski definition) is 3. The van der Waals surface area contributed by atoms with Crippen molar-refractivity contribution < 1.29 is 31.1 Å². The van der Waals surface area contributed by atoms with Crippen LogP contribution in [0.5, 0.6) is 0 Å². The van der Waals surface area contributed by atoms with Crippen molar-refractivity contribution in [2.24, 2.45) is 5.92 Å². The molecule has 5 nitrogen and oxygen atoms in total. The summed E-state index contributed by atoms with van der Waals surface area (Å²) in [5, 5.41) is 7.19. The summed E-state index contributed by atoms with van der Waals surface area (Å²) in [4.78, 5) is 14.8. The fraction of sp³-hybridized carbons (Fsp3) is 0.243. The first kappa shape index (κ1) is 32.8. The molecule has 1 saturated heterocycles. The molecule has 5 aromatic rings. The van der Waals surface area contributed by atoms with Crippen LogP contribution in [-0.2, 0) is 17.5 Å². The number of carbonyl (C=O) groups is 1. The van der Waals surface area contributed by atoms with Gasteiger partial charge < -0.3 is 5.32 Å². The maximum absolute atomic E-state index is 14.7. The van der Waals surface area contributed by atoms with Gasteiger partial charge in [-0.3, -0.25) is 14.4 Å². The molecule has 1 unspecified atom stereocenters. The zero-order chi connectivity index (χ0) is 34.0. The van der Waals surface area contributed by atoms with Gasteiger partial charge in [0, 0.05) is 52.0 Å². The second-order valence-corrected chi connectivity index (χ2v) is 12.0. The molecule has 1 aliphatic heterocycles. The number of benzene rings is 4. The lowest BCUT2D eigenvalue weighted by atomic mass is 10.0. The van der Waals surface area contributed by atoms with Gasteiger partial charge in [0.25, 0.3) is 0 Å². The molecule has 0 bridgehead atoms. The molecule has 1 N–H and O–H groups in total. The minimum absolute atomic E-state index is 0.111. The van der Waals surface area contributed by atoms with E-state index in [1.54, 1.807) is 48.5 Å². The van der Waals surface area contributed by atoms with Crippen LogP contribution in [0.15, 0.2) is 78.9 Å². The lowest BCUT2D eigenvalue weighted by molar-refractivity contribution is -0.136. The summed E-state index contributed by atoms with van der Waals surface area (Å²) in [7, 11) is 0. The Morgan fingerprint density at radius 1 is 0.938 bits per heavy atom. The Morgan fingerprint density at radius 3 is 2.33 bits per heavy atom. The third-order valence-electron chi connectivity index (χ3n) is 8.23. The molecule has 1 fully saturated rings. The van der Waals surface area contributed by atoms with Gasteiger partial charge in [0.05, 0.1) is 24.3 Å². The molecular weight excluding hydrogens is 630 g/mol. The molecule has 0 radical (unpaired) electrons. The number of alkyl halides is 3. The third-order valence-corrected chi connectivity index (χ3v) is 8.23. The Labute approximate surface area is 273 Å². The SMILES string of the molecule is CC1CCCN(CC(=O)Nc2cccc(C#Cc3cccc(-c4c5cccc(C(F)(F)F)c5nn4Cc4c(F)cc(F)cc4F)c3)c2)C1. The second-order valence-electron chi connectivity index (χ2n) is 12.0. The lowest BCUT2D eigenvalue weighted by Crippen LogP contribution is -2.39. The van der Waals surface area contributed by atoms with Gasteiger partial charge in [0.2, 0.25) is 5.91 Å². The first-order valence-corrected chi connectivity index (χ1v) is 15.4. The number of anilines is 1. The number of carbonyl (C=O) groups excluding carboxylic acids is 1. The molecule has 1 atom stereocenters. The molecule has 1 amide bonds. The smallest absolute Gasteiger partial charge is 0.325 e. The summed E-state index contributed by atoms with van der Waals surface area (Å²) in [6.07, 6.45) is -2.51. The number of halogens is 6. The highest BCUT2D eigenvalue weighted by Crippen LogP contribution is 2.38. The average molecular weight is 661 g/mol. The van der Waals surface area contributed by atoms with E-state index in [4.69, 9.17) is 0 Å². The van der Waals surface area contributed by atoms with Crippen molar-refractivity contribution in [3.05, 3.63) is 119 Å². The van der Waals surface area contributed by atoms with Crippen molar-refractivity contribution in [2.75, 3.05) is 25.0 Å². The number of amides is 1. The van der Waals surface area contributed by atoms with E-state index in [-0.39, 0.29) is 17.0 Å². The fourth-order valence-corrected chi connectivity index (χ4v) is 6.07. The van der Waals surface area contributed by atoms with Gasteiger partial charge >= 0.3 is 6.18 Å². The van der Waals surface area contributed by atoms with E-state index in [9.17, 15) is 31.1 Å². The Hall–Kier alpha value is -5.08. The summed E-state index contributed by atoms with van der Waals surface area (Å²) >= 11 is 0. The van der Waals surface area contributed by atoms with Crippen molar-refractivity contribution >= 4 is 22.5 Å². The molecule has 4 aromatic carbocycles. The van der Waals surface area contributed by atoms with E-state index >= 15 is 0 Å². The van der Waals surface area contributed by atoms with Gasteiger partial charge in [-0.2, -0.15) is 18.3 Å². The predicted molar refractivity (Wildman–Crippen MR) is 171 cm³/mol. The largest absolute Gasteiger partial charge is 0.418 e. The fourth-order valence-electron chi connectivity index (χ4n) is 6.07. The second kappa shape index (κ2) is 13.6. The van der Waals surface area contributed by atoms with Crippen LogP contribution in [0.3, 0.4) is 0 Å². The summed E-state index contributed by atoms with van der Waals surface area (Å²) in [6, 6.07) is 18.3. The van der Waals surface area contributed by atoms with E-state index in [2.05, 4.69) is 34.1 Å². The number of aromatic nitrogens is 2. The normalized spacial score (nSPS) is 15.3. The molecule has 2 heterocycles. The molecule has 1 aliphatic rings. The number of hydrogen-bond donors (Lipinski definition) is 1. The van der Waals surface area contributed by atoms with Crippen molar-refractivity contribution in [2.45, 2.75) is 32.5 Å². The summed E-state index contributed by atoms with van der Waals surface area (Å²) in [5.74, 6) is 3.06. The van der Waals surface area contributed by atoms with Gasteiger partial charge in [-0.25, -0.2) is 13.2 Å². The maximum Gasteiger partial charge on any atom is 0.418 e. The van der Waals surface area contributed by atoms with Crippen molar-refractivity contribution in [1.82, 2.24) is 14.7 Å². The number of likely N-dealkylation sites (tertiary alicyclic amines) is 1. The number of rotatable bonds is 6. The molecule has 1 aromatic heterocycles. The number of piperidine rings is 1. The highest BCUT2D eigenvalue weighted by molar-refractivity contribution is 5.95. The summed E-state index contributed by atoms with van der Waals surface area (Å²) in [6.45, 7) is 3.67. The maximum atomic E-state index is 14.7. The van der Waals surface area contributed by atoms with E-state index in [1.807, 2.05) is 0 Å². The Morgan fingerprint density at radius 2 is 1.62 bits per heavy atom. The quantitative estimate of drug-likeness (QED) is 0.147. The standard InChI is InChI=1S/C37H30F6N4O/c1-23-6-5-15-46(20-23)22-34(48)44-28-10-3-8-25(17-28)14-13-24-7-2-9-26(16-24)36-29-11-4-12-31(37(41,42)43)35(29)45-47(36)21-30-32(39)18-27(38)19-33(30)40/h2-4,7-12,16-19,23H,5-6,15,20-22H2,1H3,(H,44,48). The van der Waals surface area contributed by atoms with Gasteiger partial charge in [0.15, 0.2) is 0 Å². The van der Waals surface area contributed by atoms with Crippen LogP contribution in [0.1, 0.15) is 42.0 Å². The van der Waals surface area contributed by atoms with Gasteiger partial charge in [-0.15, -0.1) is 0 Å². The zero-order valence-corrected chi connectivity index (χ0v) is 25.8. The molecule has 11 heteroatoms. The van der Waals surface area contributed by atoms with Crippen molar-refractivity contribution in [3.8, 4) is 23.1 Å². The highest BCUT2D eigenvalue weighted by Gasteiger charge is 2.35. The van der Waals surface area contributed by atoms with Crippen LogP contribution in [0.4, 0.5) is 32.0 Å². The summed E-state index contributed by atoms with van der Waals surface area (Å²) < 4.78 is 85.8. The molecule has 0 spiro atoms. The number of fused-ring (bicyclic) bond motifs is 1. The average Bonchev–Trinajstić information content (AvgIpc) is 3.40. The van der Waals surface area contributed by atoms with Crippen LogP contribution < -0.4 is 5.32 Å². The molecule has 0 saturated carbocycles. The lowest BCUT2D eigenvalue weighted by Gasteiger charge is -2.30. The highest BCUT2D eigenvalue weighted by atomic mass is 19.4. The van der Waals surface area contributed by atoms with E-state index < -0.39 is 46.8 Å².